The largest absolute Gasteiger partial charge is 0.395 e. The summed E-state index contributed by atoms with van der Waals surface area (Å²) >= 11 is 12.0. The van der Waals surface area contributed by atoms with Gasteiger partial charge in [0.2, 0.25) is 0 Å². The minimum Gasteiger partial charge on any atom is -0.395 e. The Morgan fingerprint density at radius 1 is 1.41 bits per heavy atom. The minimum absolute atomic E-state index is 0.162. The van der Waals surface area contributed by atoms with Crippen LogP contribution in [0.5, 0.6) is 0 Å². The molecule has 1 aromatic carbocycles. The Morgan fingerprint density at radius 2 is 2.24 bits per heavy atom. The highest BCUT2D eigenvalue weighted by Gasteiger charge is 2.21. The molecule has 1 atom stereocenters. The van der Waals surface area contributed by atoms with Crippen LogP contribution in [0.25, 0.3) is 0 Å². The maximum Gasteiger partial charge on any atom is 0.0599 e. The molecule has 94 valence electrons. The monoisotopic (exact) mass is 274 g/mol. The van der Waals surface area contributed by atoms with Crippen molar-refractivity contribution in [3.05, 3.63) is 33.8 Å². The van der Waals surface area contributed by atoms with Crippen LogP contribution in [-0.2, 0) is 6.54 Å². The van der Waals surface area contributed by atoms with Gasteiger partial charge in [0.1, 0.15) is 0 Å². The molecule has 0 aromatic heterocycles. The summed E-state index contributed by atoms with van der Waals surface area (Å²) in [4.78, 5) is 2.24. The van der Waals surface area contributed by atoms with Gasteiger partial charge in [-0.3, -0.25) is 4.90 Å². The Hall–Kier alpha value is -0.320. The zero-order valence-corrected chi connectivity index (χ0v) is 11.0. The number of aliphatic hydroxyl groups excluding tert-OH is 1. The van der Waals surface area contributed by atoms with Gasteiger partial charge in [0.25, 0.3) is 0 Å². The lowest BCUT2D eigenvalue weighted by Crippen LogP contribution is -2.52. The van der Waals surface area contributed by atoms with Crippen LogP contribution in [0.15, 0.2) is 18.2 Å². The minimum atomic E-state index is 0.162. The fraction of sp³-hybridized carbons (Fsp3) is 0.500. The van der Waals surface area contributed by atoms with E-state index in [1.54, 1.807) is 6.07 Å². The number of benzene rings is 1. The van der Waals surface area contributed by atoms with Gasteiger partial charge < -0.3 is 10.4 Å². The molecule has 1 saturated heterocycles. The van der Waals surface area contributed by atoms with Crippen molar-refractivity contribution in [3.63, 3.8) is 0 Å². The second-order valence-corrected chi connectivity index (χ2v) is 5.09. The van der Waals surface area contributed by atoms with Gasteiger partial charge in [-0.2, -0.15) is 0 Å². The molecule has 1 heterocycles. The predicted molar refractivity (Wildman–Crippen MR) is 70.6 cm³/mol. The highest BCUT2D eigenvalue weighted by atomic mass is 35.5. The summed E-state index contributed by atoms with van der Waals surface area (Å²) in [6, 6.07) is 5.71. The average Bonchev–Trinajstić information content (AvgIpc) is 2.33. The highest BCUT2D eigenvalue weighted by molar-refractivity contribution is 6.35. The summed E-state index contributed by atoms with van der Waals surface area (Å²) in [5.41, 5.74) is 1.05. The maximum atomic E-state index is 9.32. The summed E-state index contributed by atoms with van der Waals surface area (Å²) in [5, 5.41) is 13.9. The standard InChI is InChI=1S/C12H16Cl2N2O/c13-10-2-1-9(12(14)5-10)7-16-4-3-15-6-11(16)8-17/h1-2,5,11,15,17H,3-4,6-8H2. The van der Waals surface area contributed by atoms with Crippen molar-refractivity contribution in [3.8, 4) is 0 Å². The van der Waals surface area contributed by atoms with Crippen molar-refractivity contribution in [1.29, 1.82) is 0 Å². The average molecular weight is 275 g/mol. The highest BCUT2D eigenvalue weighted by Crippen LogP contribution is 2.23. The van der Waals surface area contributed by atoms with E-state index in [1.165, 1.54) is 0 Å². The molecule has 1 unspecified atom stereocenters. The van der Waals surface area contributed by atoms with E-state index in [0.717, 1.165) is 31.7 Å². The summed E-state index contributed by atoms with van der Waals surface area (Å²) in [5.74, 6) is 0. The molecule has 2 N–H and O–H groups in total. The molecule has 1 aliphatic heterocycles. The first-order valence-electron chi connectivity index (χ1n) is 5.70. The molecule has 0 aliphatic carbocycles. The molecule has 1 aromatic rings. The summed E-state index contributed by atoms with van der Waals surface area (Å²) < 4.78 is 0. The van der Waals surface area contributed by atoms with Crippen molar-refractivity contribution in [2.75, 3.05) is 26.2 Å². The summed E-state index contributed by atoms with van der Waals surface area (Å²) in [7, 11) is 0. The molecule has 2 rings (SSSR count). The number of hydrogen-bond donors (Lipinski definition) is 2. The lowest BCUT2D eigenvalue weighted by atomic mass is 10.1. The zero-order chi connectivity index (χ0) is 12.3. The Labute approximate surface area is 111 Å². The molecule has 0 saturated carbocycles. The second-order valence-electron chi connectivity index (χ2n) is 4.25. The zero-order valence-electron chi connectivity index (χ0n) is 9.50. The van der Waals surface area contributed by atoms with E-state index in [4.69, 9.17) is 23.2 Å². The lowest BCUT2D eigenvalue weighted by molar-refractivity contribution is 0.0946. The topological polar surface area (TPSA) is 35.5 Å². The molecular weight excluding hydrogens is 259 g/mol. The molecular formula is C12H16Cl2N2O. The number of halogens is 2. The molecule has 1 aliphatic rings. The number of piperazine rings is 1. The van der Waals surface area contributed by atoms with Gasteiger partial charge >= 0.3 is 0 Å². The van der Waals surface area contributed by atoms with Crippen molar-refractivity contribution in [1.82, 2.24) is 10.2 Å². The van der Waals surface area contributed by atoms with E-state index in [0.29, 0.717) is 10.0 Å². The van der Waals surface area contributed by atoms with E-state index >= 15 is 0 Å². The predicted octanol–water partition coefficient (Wildman–Crippen LogP) is 1.76. The Kier molecular flexibility index (Phi) is 4.65. The number of aliphatic hydroxyl groups is 1. The van der Waals surface area contributed by atoms with Gasteiger partial charge in [0, 0.05) is 42.3 Å². The molecule has 0 spiro atoms. The van der Waals surface area contributed by atoms with Crippen LogP contribution in [0.3, 0.4) is 0 Å². The van der Waals surface area contributed by atoms with Crippen LogP contribution in [0, 0.1) is 0 Å². The van der Waals surface area contributed by atoms with Gasteiger partial charge in [-0.25, -0.2) is 0 Å². The van der Waals surface area contributed by atoms with Crippen molar-refractivity contribution >= 4 is 23.2 Å². The van der Waals surface area contributed by atoms with Crippen LogP contribution < -0.4 is 5.32 Å². The third-order valence-corrected chi connectivity index (χ3v) is 3.66. The van der Waals surface area contributed by atoms with Crippen molar-refractivity contribution < 1.29 is 5.11 Å². The van der Waals surface area contributed by atoms with Crippen LogP contribution in [-0.4, -0.2) is 42.3 Å². The number of nitrogens with one attached hydrogen (secondary N) is 1. The number of hydrogen-bond acceptors (Lipinski definition) is 3. The van der Waals surface area contributed by atoms with E-state index in [1.807, 2.05) is 12.1 Å². The first kappa shape index (κ1) is 13.1. The van der Waals surface area contributed by atoms with E-state index in [-0.39, 0.29) is 12.6 Å². The van der Waals surface area contributed by atoms with Crippen LogP contribution in [0.1, 0.15) is 5.56 Å². The van der Waals surface area contributed by atoms with Gasteiger partial charge in [-0.1, -0.05) is 29.3 Å². The normalized spacial score (nSPS) is 21.7. The number of nitrogens with zero attached hydrogens (tertiary/aromatic N) is 1. The van der Waals surface area contributed by atoms with Gasteiger partial charge in [0.15, 0.2) is 0 Å². The third kappa shape index (κ3) is 3.33. The van der Waals surface area contributed by atoms with E-state index < -0.39 is 0 Å². The fourth-order valence-electron chi connectivity index (χ4n) is 2.06. The Morgan fingerprint density at radius 3 is 2.94 bits per heavy atom. The van der Waals surface area contributed by atoms with E-state index in [2.05, 4.69) is 10.2 Å². The summed E-state index contributed by atoms with van der Waals surface area (Å²) in [6.45, 7) is 3.61. The van der Waals surface area contributed by atoms with Gasteiger partial charge in [0.05, 0.1) is 6.61 Å². The molecule has 1 fully saturated rings. The van der Waals surface area contributed by atoms with Gasteiger partial charge in [-0.05, 0) is 17.7 Å². The molecule has 3 nitrogen and oxygen atoms in total. The molecule has 0 amide bonds. The molecule has 0 bridgehead atoms. The SMILES string of the molecule is OCC1CNCCN1Cc1ccc(Cl)cc1Cl. The smallest absolute Gasteiger partial charge is 0.0599 e. The third-order valence-electron chi connectivity index (χ3n) is 3.07. The lowest BCUT2D eigenvalue weighted by Gasteiger charge is -2.35. The quantitative estimate of drug-likeness (QED) is 0.882. The first-order chi connectivity index (χ1) is 8.20. The number of rotatable bonds is 3. The molecule has 5 heteroatoms. The summed E-state index contributed by atoms with van der Waals surface area (Å²) in [6.07, 6.45) is 0. The van der Waals surface area contributed by atoms with Crippen molar-refractivity contribution in [2.24, 2.45) is 0 Å². The van der Waals surface area contributed by atoms with Gasteiger partial charge in [-0.15, -0.1) is 0 Å². The maximum absolute atomic E-state index is 9.32. The Bertz CT molecular complexity index is 387. The second kappa shape index (κ2) is 6.03. The van der Waals surface area contributed by atoms with Crippen LogP contribution in [0.2, 0.25) is 10.0 Å². The van der Waals surface area contributed by atoms with E-state index in [9.17, 15) is 5.11 Å². The van der Waals surface area contributed by atoms with Crippen LogP contribution >= 0.6 is 23.2 Å². The molecule has 0 radical (unpaired) electrons. The van der Waals surface area contributed by atoms with Crippen LogP contribution in [0.4, 0.5) is 0 Å². The fourth-order valence-corrected chi connectivity index (χ4v) is 2.53. The van der Waals surface area contributed by atoms with Crippen molar-refractivity contribution in [2.45, 2.75) is 12.6 Å². The first-order valence-corrected chi connectivity index (χ1v) is 6.46. The Balaban J connectivity index is 2.08. The molecule has 17 heavy (non-hydrogen) atoms.